The van der Waals surface area contributed by atoms with Gasteiger partial charge in [0.15, 0.2) is 0 Å². The number of carbonyl (C=O) groups excluding carboxylic acids is 1. The maximum Gasteiger partial charge on any atom is 0.223 e. The van der Waals surface area contributed by atoms with Gasteiger partial charge in [0, 0.05) is 35.9 Å². The molecule has 0 spiro atoms. The van der Waals surface area contributed by atoms with Crippen LogP contribution in [-0.4, -0.2) is 21.4 Å². The van der Waals surface area contributed by atoms with Crippen LogP contribution in [0.2, 0.25) is 5.02 Å². The lowest BCUT2D eigenvalue weighted by molar-refractivity contribution is -0.135. The lowest BCUT2D eigenvalue weighted by Crippen LogP contribution is -2.41. The Morgan fingerprint density at radius 2 is 1.89 bits per heavy atom. The fraction of sp³-hybridized carbons (Fsp3) is 0.522. The van der Waals surface area contributed by atoms with Crippen molar-refractivity contribution in [2.45, 2.75) is 71.5 Å². The van der Waals surface area contributed by atoms with E-state index in [2.05, 4.69) is 47.7 Å². The fourth-order valence-corrected chi connectivity index (χ4v) is 4.21. The van der Waals surface area contributed by atoms with Crippen LogP contribution in [-0.2, 0) is 17.9 Å². The average molecular weight is 387 g/mol. The minimum atomic E-state index is 0.294. The predicted octanol–water partition coefficient (Wildman–Crippen LogP) is 5.90. The minimum absolute atomic E-state index is 0.294. The van der Waals surface area contributed by atoms with Crippen molar-refractivity contribution in [1.82, 2.24) is 9.47 Å². The van der Waals surface area contributed by atoms with Crippen molar-refractivity contribution in [3.63, 3.8) is 0 Å². The molecule has 1 aliphatic rings. The van der Waals surface area contributed by atoms with E-state index in [-0.39, 0.29) is 0 Å². The van der Waals surface area contributed by atoms with Crippen LogP contribution in [0.3, 0.4) is 0 Å². The van der Waals surface area contributed by atoms with Gasteiger partial charge in [-0.25, -0.2) is 0 Å². The third-order valence-corrected chi connectivity index (χ3v) is 5.84. The van der Waals surface area contributed by atoms with Crippen LogP contribution in [0.25, 0.3) is 0 Å². The van der Waals surface area contributed by atoms with Crippen LogP contribution in [0.15, 0.2) is 42.6 Å². The van der Waals surface area contributed by atoms with Crippen molar-refractivity contribution in [1.29, 1.82) is 0 Å². The highest BCUT2D eigenvalue weighted by Crippen LogP contribution is 2.26. The quantitative estimate of drug-likeness (QED) is 0.581. The smallest absolute Gasteiger partial charge is 0.223 e. The lowest BCUT2D eigenvalue weighted by Gasteiger charge is -2.35. The number of nitrogens with zero attached hydrogens (tertiary/aromatic N) is 2. The van der Waals surface area contributed by atoms with Gasteiger partial charge in [-0.05, 0) is 42.5 Å². The first-order chi connectivity index (χ1) is 13.0. The zero-order valence-electron chi connectivity index (χ0n) is 16.5. The summed E-state index contributed by atoms with van der Waals surface area (Å²) in [5.74, 6) is 0.681. The first-order valence-corrected chi connectivity index (χ1v) is 10.6. The summed E-state index contributed by atoms with van der Waals surface area (Å²) in [7, 11) is 0. The Morgan fingerprint density at radius 3 is 2.59 bits per heavy atom. The molecule has 1 aliphatic carbocycles. The Morgan fingerprint density at radius 1 is 1.15 bits per heavy atom. The van der Waals surface area contributed by atoms with E-state index < -0.39 is 0 Å². The van der Waals surface area contributed by atoms with Gasteiger partial charge in [0.25, 0.3) is 0 Å². The minimum Gasteiger partial charge on any atom is -0.345 e. The summed E-state index contributed by atoms with van der Waals surface area (Å²) >= 11 is 6.35. The van der Waals surface area contributed by atoms with Gasteiger partial charge in [-0.15, -0.1) is 0 Å². The molecule has 0 radical (unpaired) electrons. The summed E-state index contributed by atoms with van der Waals surface area (Å²) in [4.78, 5) is 15.1. The van der Waals surface area contributed by atoms with Gasteiger partial charge >= 0.3 is 0 Å². The summed E-state index contributed by atoms with van der Waals surface area (Å²) in [6, 6.07) is 12.6. The van der Waals surface area contributed by atoms with E-state index in [9.17, 15) is 4.79 Å². The van der Waals surface area contributed by atoms with Crippen LogP contribution in [0.5, 0.6) is 0 Å². The van der Waals surface area contributed by atoms with Crippen molar-refractivity contribution in [2.75, 3.05) is 0 Å². The van der Waals surface area contributed by atoms with E-state index in [1.165, 1.54) is 25.0 Å². The standard InChI is InChI=1S/C23H31ClN2O/c1-18(2)15-23(27)26(20-10-4-3-5-11-20)17-21-12-8-14-25(21)16-19-9-6-7-13-22(19)24/h6-9,12-14,18,20H,3-5,10-11,15-17H2,1-2H3. The molecule has 0 atom stereocenters. The molecule has 0 unspecified atom stereocenters. The van der Waals surface area contributed by atoms with Gasteiger partial charge in [-0.2, -0.15) is 0 Å². The molecule has 0 aliphatic heterocycles. The van der Waals surface area contributed by atoms with E-state index in [4.69, 9.17) is 11.6 Å². The molecule has 0 saturated heterocycles. The third-order valence-electron chi connectivity index (χ3n) is 5.47. The number of halogens is 1. The normalized spacial score (nSPS) is 15.3. The molecule has 0 N–H and O–H groups in total. The molecule has 3 rings (SSSR count). The molecule has 3 nitrogen and oxygen atoms in total. The van der Waals surface area contributed by atoms with Crippen molar-refractivity contribution in [3.05, 3.63) is 58.9 Å². The summed E-state index contributed by atoms with van der Waals surface area (Å²) in [5.41, 5.74) is 2.28. The van der Waals surface area contributed by atoms with E-state index >= 15 is 0 Å². The van der Waals surface area contributed by atoms with E-state index in [0.717, 1.165) is 30.0 Å². The van der Waals surface area contributed by atoms with Gasteiger partial charge in [-0.3, -0.25) is 4.79 Å². The molecule has 1 fully saturated rings. The zero-order chi connectivity index (χ0) is 19.2. The van der Waals surface area contributed by atoms with Crippen molar-refractivity contribution < 1.29 is 4.79 Å². The Hall–Kier alpha value is -1.74. The van der Waals surface area contributed by atoms with Crippen molar-refractivity contribution in [2.24, 2.45) is 5.92 Å². The highest BCUT2D eigenvalue weighted by atomic mass is 35.5. The Labute approximate surface area is 168 Å². The second kappa shape index (κ2) is 9.45. The highest BCUT2D eigenvalue weighted by Gasteiger charge is 2.26. The SMILES string of the molecule is CC(C)CC(=O)N(Cc1cccn1Cc1ccccc1Cl)C1CCCCC1. The summed E-state index contributed by atoms with van der Waals surface area (Å²) in [6.07, 6.45) is 8.75. The zero-order valence-corrected chi connectivity index (χ0v) is 17.3. The molecule has 1 saturated carbocycles. The molecule has 1 aromatic heterocycles. The lowest BCUT2D eigenvalue weighted by atomic mass is 9.93. The van der Waals surface area contributed by atoms with Gasteiger partial charge in [0.2, 0.25) is 5.91 Å². The average Bonchev–Trinajstić information content (AvgIpc) is 3.08. The van der Waals surface area contributed by atoms with Crippen molar-refractivity contribution in [3.8, 4) is 0 Å². The van der Waals surface area contributed by atoms with Gasteiger partial charge in [0.05, 0.1) is 6.54 Å². The molecule has 4 heteroatoms. The first kappa shape index (κ1) is 20.0. The third kappa shape index (κ3) is 5.38. The molecule has 1 aromatic carbocycles. The summed E-state index contributed by atoms with van der Waals surface area (Å²) in [5, 5.41) is 0.789. The Kier molecular flexibility index (Phi) is 7.01. The molecule has 146 valence electrons. The molecule has 1 amide bonds. The molecule has 0 bridgehead atoms. The monoisotopic (exact) mass is 386 g/mol. The first-order valence-electron chi connectivity index (χ1n) is 10.2. The highest BCUT2D eigenvalue weighted by molar-refractivity contribution is 6.31. The topological polar surface area (TPSA) is 25.2 Å². The number of amides is 1. The van der Waals surface area contributed by atoms with Gasteiger partial charge < -0.3 is 9.47 Å². The summed E-state index contributed by atoms with van der Waals surface area (Å²) in [6.45, 7) is 5.67. The molecule has 1 heterocycles. The largest absolute Gasteiger partial charge is 0.345 e. The number of benzene rings is 1. The second-order valence-corrected chi connectivity index (χ2v) is 8.54. The van der Waals surface area contributed by atoms with E-state index in [1.807, 2.05) is 18.2 Å². The number of hydrogen-bond acceptors (Lipinski definition) is 1. The molecule has 2 aromatic rings. The number of rotatable bonds is 7. The van der Waals surface area contributed by atoms with Crippen molar-refractivity contribution >= 4 is 17.5 Å². The van der Waals surface area contributed by atoms with Crippen LogP contribution < -0.4 is 0 Å². The number of carbonyl (C=O) groups is 1. The van der Waals surface area contributed by atoms with Gasteiger partial charge in [-0.1, -0.05) is 62.9 Å². The maximum absolute atomic E-state index is 13.0. The summed E-state index contributed by atoms with van der Waals surface area (Å²) < 4.78 is 2.22. The molecular formula is C23H31ClN2O. The van der Waals surface area contributed by atoms with Crippen LogP contribution in [0, 0.1) is 5.92 Å². The Bertz CT molecular complexity index is 746. The van der Waals surface area contributed by atoms with E-state index in [0.29, 0.717) is 30.8 Å². The number of hydrogen-bond donors (Lipinski definition) is 0. The second-order valence-electron chi connectivity index (χ2n) is 8.13. The van der Waals surface area contributed by atoms with Crippen LogP contribution in [0.4, 0.5) is 0 Å². The van der Waals surface area contributed by atoms with Gasteiger partial charge in [0.1, 0.15) is 0 Å². The molecule has 27 heavy (non-hydrogen) atoms. The maximum atomic E-state index is 13.0. The molecular weight excluding hydrogens is 356 g/mol. The van der Waals surface area contributed by atoms with Crippen LogP contribution >= 0.6 is 11.6 Å². The van der Waals surface area contributed by atoms with Crippen LogP contribution in [0.1, 0.15) is 63.6 Å². The Balaban J connectivity index is 1.78. The fourth-order valence-electron chi connectivity index (χ4n) is 4.01. The number of aromatic nitrogens is 1. The van der Waals surface area contributed by atoms with E-state index in [1.54, 1.807) is 0 Å². The predicted molar refractivity (Wildman–Crippen MR) is 112 cm³/mol.